The molecule has 1 fully saturated rings. The largest absolute Gasteiger partial charge is 0.493 e. The minimum Gasteiger partial charge on any atom is -0.493 e. The van der Waals surface area contributed by atoms with E-state index >= 15 is 0 Å². The molecule has 0 N–H and O–H groups in total. The summed E-state index contributed by atoms with van der Waals surface area (Å²) in [4.78, 5) is 14.4. The number of hydrogen-bond acceptors (Lipinski definition) is 8. The van der Waals surface area contributed by atoms with E-state index in [1.165, 1.54) is 18.2 Å². The highest BCUT2D eigenvalue weighted by Crippen LogP contribution is 2.41. The van der Waals surface area contributed by atoms with Crippen LogP contribution in [0.4, 0.5) is 0 Å². The summed E-state index contributed by atoms with van der Waals surface area (Å²) in [6.45, 7) is 2.91. The first-order valence-electron chi connectivity index (χ1n) is 9.13. The lowest BCUT2D eigenvalue weighted by molar-refractivity contribution is -0.131. The van der Waals surface area contributed by atoms with Crippen LogP contribution in [0.1, 0.15) is 26.2 Å². The van der Waals surface area contributed by atoms with Crippen LogP contribution in [-0.2, 0) is 4.79 Å². The average molecular weight is 407 g/mol. The van der Waals surface area contributed by atoms with Crippen LogP contribution < -0.4 is 14.2 Å². The molecular formula is C19H25N3O5S. The van der Waals surface area contributed by atoms with Gasteiger partial charge in [-0.3, -0.25) is 4.79 Å². The minimum absolute atomic E-state index is 0.102. The average Bonchev–Trinajstić information content (AvgIpc) is 3.20. The summed E-state index contributed by atoms with van der Waals surface area (Å²) in [6, 6.07) is 3.77. The Hall–Kier alpha value is -2.42. The van der Waals surface area contributed by atoms with Gasteiger partial charge < -0.3 is 23.5 Å². The van der Waals surface area contributed by atoms with Crippen LogP contribution in [0, 0.1) is 0 Å². The number of likely N-dealkylation sites (tertiary alicyclic amines) is 1. The predicted molar refractivity (Wildman–Crippen MR) is 105 cm³/mol. The van der Waals surface area contributed by atoms with Crippen LogP contribution in [0.25, 0.3) is 11.5 Å². The van der Waals surface area contributed by atoms with Crippen LogP contribution in [0.15, 0.2) is 21.8 Å². The molecule has 1 aliphatic rings. The fourth-order valence-electron chi connectivity index (χ4n) is 3.26. The molecule has 152 valence electrons. The number of amides is 1. The Morgan fingerprint density at radius 3 is 2.50 bits per heavy atom. The molecule has 1 aromatic carbocycles. The molecule has 1 atom stereocenters. The second-order valence-corrected chi connectivity index (χ2v) is 7.43. The smallest absolute Gasteiger partial charge is 0.277 e. The van der Waals surface area contributed by atoms with Gasteiger partial charge in [0.15, 0.2) is 11.5 Å². The van der Waals surface area contributed by atoms with E-state index in [2.05, 4.69) is 17.1 Å². The molecule has 1 amide bonds. The number of aromatic nitrogens is 2. The SMILES string of the molecule is COc1cc(-c2nnc(SCC(=O)N3CCCCC3C)o2)cc(OC)c1OC. The Morgan fingerprint density at radius 2 is 1.89 bits per heavy atom. The molecule has 1 saturated heterocycles. The molecule has 1 aromatic heterocycles. The van der Waals surface area contributed by atoms with Crippen LogP contribution in [0.5, 0.6) is 17.2 Å². The van der Waals surface area contributed by atoms with Gasteiger partial charge in [-0.1, -0.05) is 11.8 Å². The monoisotopic (exact) mass is 407 g/mol. The van der Waals surface area contributed by atoms with Crippen molar-refractivity contribution in [3.8, 4) is 28.7 Å². The van der Waals surface area contributed by atoms with E-state index in [9.17, 15) is 4.79 Å². The molecule has 9 heteroatoms. The number of carbonyl (C=O) groups is 1. The van der Waals surface area contributed by atoms with E-state index in [1.807, 2.05) is 4.90 Å². The van der Waals surface area contributed by atoms with Crippen molar-refractivity contribution in [3.63, 3.8) is 0 Å². The van der Waals surface area contributed by atoms with Gasteiger partial charge >= 0.3 is 0 Å². The van der Waals surface area contributed by atoms with Gasteiger partial charge in [0.25, 0.3) is 5.22 Å². The van der Waals surface area contributed by atoms with Gasteiger partial charge in [0.1, 0.15) is 0 Å². The molecule has 8 nitrogen and oxygen atoms in total. The standard InChI is InChI=1S/C19H25N3O5S/c1-12-7-5-6-8-22(12)16(23)11-28-19-21-20-18(27-19)13-9-14(24-2)17(26-4)15(10-13)25-3/h9-10,12H,5-8,11H2,1-4H3. The molecule has 2 heterocycles. The van der Waals surface area contributed by atoms with Crippen LogP contribution in [0.2, 0.25) is 0 Å². The van der Waals surface area contributed by atoms with Crippen LogP contribution >= 0.6 is 11.8 Å². The Bertz CT molecular complexity index is 801. The zero-order chi connectivity index (χ0) is 20.1. The number of rotatable bonds is 7. The number of hydrogen-bond donors (Lipinski definition) is 0. The van der Waals surface area contributed by atoms with Crippen molar-refractivity contribution in [2.75, 3.05) is 33.6 Å². The number of methoxy groups -OCH3 is 3. The quantitative estimate of drug-likeness (QED) is 0.647. The molecule has 28 heavy (non-hydrogen) atoms. The van der Waals surface area contributed by atoms with Crippen molar-refractivity contribution < 1.29 is 23.4 Å². The molecule has 3 rings (SSSR count). The highest BCUT2D eigenvalue weighted by molar-refractivity contribution is 7.99. The molecule has 1 unspecified atom stereocenters. The van der Waals surface area contributed by atoms with Crippen molar-refractivity contribution in [1.29, 1.82) is 0 Å². The van der Waals surface area contributed by atoms with Gasteiger partial charge in [0, 0.05) is 18.2 Å². The van der Waals surface area contributed by atoms with Crippen LogP contribution in [-0.4, -0.2) is 60.7 Å². The van der Waals surface area contributed by atoms with Crippen molar-refractivity contribution in [1.82, 2.24) is 15.1 Å². The van der Waals surface area contributed by atoms with Gasteiger partial charge in [-0.25, -0.2) is 0 Å². The van der Waals surface area contributed by atoms with Gasteiger partial charge in [0.2, 0.25) is 17.5 Å². The fraction of sp³-hybridized carbons (Fsp3) is 0.526. The van der Waals surface area contributed by atoms with E-state index in [1.54, 1.807) is 33.5 Å². The van der Waals surface area contributed by atoms with Gasteiger partial charge in [0.05, 0.1) is 27.1 Å². The van der Waals surface area contributed by atoms with E-state index < -0.39 is 0 Å². The zero-order valence-corrected chi connectivity index (χ0v) is 17.4. The first-order valence-corrected chi connectivity index (χ1v) is 10.1. The Labute approximate surface area is 168 Å². The Balaban J connectivity index is 1.71. The Morgan fingerprint density at radius 1 is 1.18 bits per heavy atom. The maximum absolute atomic E-state index is 12.5. The van der Waals surface area contributed by atoms with E-state index in [-0.39, 0.29) is 11.7 Å². The summed E-state index contributed by atoms with van der Waals surface area (Å²) in [5, 5.41) is 8.48. The molecular weight excluding hydrogens is 382 g/mol. The number of benzene rings is 1. The minimum atomic E-state index is 0.102. The second-order valence-electron chi connectivity index (χ2n) is 6.51. The van der Waals surface area contributed by atoms with Gasteiger partial charge in [-0.15, -0.1) is 10.2 Å². The predicted octanol–water partition coefficient (Wildman–Crippen LogP) is 3.26. The zero-order valence-electron chi connectivity index (χ0n) is 16.6. The molecule has 0 saturated carbocycles. The normalized spacial score (nSPS) is 16.7. The molecule has 0 bridgehead atoms. The molecule has 0 spiro atoms. The fourth-order valence-corrected chi connectivity index (χ4v) is 3.91. The lowest BCUT2D eigenvalue weighted by atomic mass is 10.0. The van der Waals surface area contributed by atoms with E-state index in [0.717, 1.165) is 19.4 Å². The molecule has 0 radical (unpaired) electrons. The van der Waals surface area contributed by atoms with Crippen molar-refractivity contribution in [3.05, 3.63) is 12.1 Å². The summed E-state index contributed by atoms with van der Waals surface area (Å²) in [5.74, 6) is 2.19. The molecule has 0 aliphatic carbocycles. The summed E-state index contributed by atoms with van der Waals surface area (Å²) < 4.78 is 21.8. The maximum Gasteiger partial charge on any atom is 0.277 e. The lowest BCUT2D eigenvalue weighted by Gasteiger charge is -2.33. The molecule has 1 aliphatic heterocycles. The first-order chi connectivity index (χ1) is 13.6. The summed E-state index contributed by atoms with van der Waals surface area (Å²) in [5.41, 5.74) is 0.643. The lowest BCUT2D eigenvalue weighted by Crippen LogP contribution is -2.42. The maximum atomic E-state index is 12.5. The highest BCUT2D eigenvalue weighted by atomic mass is 32.2. The topological polar surface area (TPSA) is 86.9 Å². The third kappa shape index (κ3) is 4.35. The first kappa shape index (κ1) is 20.3. The van der Waals surface area contributed by atoms with E-state index in [4.69, 9.17) is 18.6 Å². The highest BCUT2D eigenvalue weighted by Gasteiger charge is 2.24. The summed E-state index contributed by atoms with van der Waals surface area (Å²) >= 11 is 1.25. The number of thioether (sulfide) groups is 1. The van der Waals surface area contributed by atoms with Crippen molar-refractivity contribution >= 4 is 17.7 Å². The second kappa shape index (κ2) is 9.18. The van der Waals surface area contributed by atoms with Gasteiger partial charge in [-0.2, -0.15) is 0 Å². The third-order valence-corrected chi connectivity index (χ3v) is 5.56. The third-order valence-electron chi connectivity index (χ3n) is 4.76. The van der Waals surface area contributed by atoms with Crippen molar-refractivity contribution in [2.45, 2.75) is 37.5 Å². The van der Waals surface area contributed by atoms with Gasteiger partial charge in [-0.05, 0) is 38.3 Å². The summed E-state index contributed by atoms with van der Waals surface area (Å²) in [6.07, 6.45) is 3.30. The molecule has 2 aromatic rings. The van der Waals surface area contributed by atoms with Crippen LogP contribution in [0.3, 0.4) is 0 Å². The number of piperidine rings is 1. The van der Waals surface area contributed by atoms with Crippen molar-refractivity contribution in [2.24, 2.45) is 0 Å². The number of nitrogens with zero attached hydrogens (tertiary/aromatic N) is 3. The summed E-state index contributed by atoms with van der Waals surface area (Å²) in [7, 11) is 4.63. The Kier molecular flexibility index (Phi) is 6.66. The number of carbonyl (C=O) groups excluding carboxylic acids is 1. The van der Waals surface area contributed by atoms with E-state index in [0.29, 0.717) is 40.0 Å². The number of ether oxygens (including phenoxy) is 3.